The Labute approximate surface area is 79.8 Å². The van der Waals surface area contributed by atoms with E-state index in [0.29, 0.717) is 0 Å². The van der Waals surface area contributed by atoms with E-state index in [1.165, 1.54) is 11.1 Å². The lowest BCUT2D eigenvalue weighted by atomic mass is 10.1. The van der Waals surface area contributed by atoms with Gasteiger partial charge in [0, 0.05) is 5.56 Å². The predicted octanol–water partition coefficient (Wildman–Crippen LogP) is 3.45. The van der Waals surface area contributed by atoms with Gasteiger partial charge in [-0.3, -0.25) is 4.99 Å². The SMILES string of the molecule is C=NC(=C(C)C)c1cccc(C)c1. The van der Waals surface area contributed by atoms with Crippen LogP contribution in [0.25, 0.3) is 5.70 Å². The van der Waals surface area contributed by atoms with Crippen LogP contribution in [0, 0.1) is 6.92 Å². The molecule has 0 spiro atoms. The summed E-state index contributed by atoms with van der Waals surface area (Å²) >= 11 is 0. The summed E-state index contributed by atoms with van der Waals surface area (Å²) in [6.45, 7) is 9.75. The second kappa shape index (κ2) is 4.04. The van der Waals surface area contributed by atoms with Crippen molar-refractivity contribution in [2.24, 2.45) is 4.99 Å². The number of hydrogen-bond donors (Lipinski definition) is 0. The summed E-state index contributed by atoms with van der Waals surface area (Å²) in [5.41, 5.74) is 4.58. The Morgan fingerprint density at radius 3 is 2.46 bits per heavy atom. The Morgan fingerprint density at radius 1 is 1.31 bits per heavy atom. The molecule has 13 heavy (non-hydrogen) atoms. The van der Waals surface area contributed by atoms with Crippen molar-refractivity contribution in [1.29, 1.82) is 0 Å². The summed E-state index contributed by atoms with van der Waals surface area (Å²) in [6.07, 6.45) is 0. The molecule has 0 N–H and O–H groups in total. The highest BCUT2D eigenvalue weighted by molar-refractivity contribution is 5.70. The molecule has 1 heteroatoms. The van der Waals surface area contributed by atoms with Crippen LogP contribution in [0.4, 0.5) is 0 Å². The van der Waals surface area contributed by atoms with Crippen molar-refractivity contribution in [3.63, 3.8) is 0 Å². The van der Waals surface area contributed by atoms with E-state index < -0.39 is 0 Å². The zero-order valence-electron chi connectivity index (χ0n) is 8.46. The van der Waals surface area contributed by atoms with Crippen LogP contribution in [0.1, 0.15) is 25.0 Å². The molecule has 0 heterocycles. The van der Waals surface area contributed by atoms with Gasteiger partial charge in [-0.05, 0) is 33.6 Å². The lowest BCUT2D eigenvalue weighted by Crippen LogP contribution is -1.84. The third kappa shape index (κ3) is 2.28. The molecule has 0 atom stereocenters. The van der Waals surface area contributed by atoms with Crippen molar-refractivity contribution in [3.8, 4) is 0 Å². The van der Waals surface area contributed by atoms with E-state index >= 15 is 0 Å². The van der Waals surface area contributed by atoms with Crippen molar-refractivity contribution in [2.45, 2.75) is 20.8 Å². The highest BCUT2D eigenvalue weighted by Gasteiger charge is 1.99. The molecule has 0 aromatic heterocycles. The van der Waals surface area contributed by atoms with Crippen molar-refractivity contribution >= 4 is 12.4 Å². The van der Waals surface area contributed by atoms with Crippen molar-refractivity contribution < 1.29 is 0 Å². The summed E-state index contributed by atoms with van der Waals surface area (Å²) in [7, 11) is 0. The van der Waals surface area contributed by atoms with E-state index in [2.05, 4.69) is 36.8 Å². The van der Waals surface area contributed by atoms with E-state index in [1.54, 1.807) is 0 Å². The molecule has 1 aromatic carbocycles. The fourth-order valence-electron chi connectivity index (χ4n) is 1.33. The molecule has 0 radical (unpaired) electrons. The molecule has 0 bridgehead atoms. The smallest absolute Gasteiger partial charge is 0.0681 e. The fourth-order valence-corrected chi connectivity index (χ4v) is 1.33. The molecular formula is C12H15N. The number of nitrogens with zero attached hydrogens (tertiary/aromatic N) is 1. The van der Waals surface area contributed by atoms with Gasteiger partial charge >= 0.3 is 0 Å². The number of rotatable bonds is 2. The minimum atomic E-state index is 0.990. The molecule has 1 rings (SSSR count). The van der Waals surface area contributed by atoms with Crippen LogP contribution in [-0.4, -0.2) is 6.72 Å². The topological polar surface area (TPSA) is 12.4 Å². The molecule has 0 fully saturated rings. The van der Waals surface area contributed by atoms with Gasteiger partial charge in [-0.15, -0.1) is 0 Å². The molecular weight excluding hydrogens is 158 g/mol. The van der Waals surface area contributed by atoms with E-state index in [-0.39, 0.29) is 0 Å². The van der Waals surface area contributed by atoms with Crippen molar-refractivity contribution in [2.75, 3.05) is 0 Å². The summed E-state index contributed by atoms with van der Waals surface area (Å²) in [5.74, 6) is 0. The maximum absolute atomic E-state index is 4.03. The first-order chi connectivity index (χ1) is 6.15. The van der Waals surface area contributed by atoms with Gasteiger partial charge in [0.25, 0.3) is 0 Å². The average Bonchev–Trinajstić information content (AvgIpc) is 2.04. The monoisotopic (exact) mass is 173 g/mol. The van der Waals surface area contributed by atoms with Crippen LogP contribution >= 0.6 is 0 Å². The van der Waals surface area contributed by atoms with Gasteiger partial charge in [0.15, 0.2) is 0 Å². The first-order valence-electron chi connectivity index (χ1n) is 4.36. The van der Waals surface area contributed by atoms with Crippen LogP contribution < -0.4 is 0 Å². The fraction of sp³-hybridized carbons (Fsp3) is 0.250. The first-order valence-corrected chi connectivity index (χ1v) is 4.36. The largest absolute Gasteiger partial charge is 0.264 e. The van der Waals surface area contributed by atoms with Gasteiger partial charge in [0.2, 0.25) is 0 Å². The minimum absolute atomic E-state index is 0.990. The molecule has 0 saturated carbocycles. The average molecular weight is 173 g/mol. The molecule has 0 aliphatic heterocycles. The van der Waals surface area contributed by atoms with Gasteiger partial charge in [0.1, 0.15) is 0 Å². The van der Waals surface area contributed by atoms with Gasteiger partial charge in [-0.2, -0.15) is 0 Å². The standard InChI is InChI=1S/C12H15N/c1-9(2)12(13-4)11-7-5-6-10(3)8-11/h5-8H,4H2,1-3H3. The number of aliphatic imine (C=N–C) groups is 1. The number of hydrogen-bond acceptors (Lipinski definition) is 1. The van der Waals surface area contributed by atoms with E-state index in [9.17, 15) is 0 Å². The summed E-state index contributed by atoms with van der Waals surface area (Å²) in [4.78, 5) is 4.03. The molecule has 0 unspecified atom stereocenters. The van der Waals surface area contributed by atoms with E-state index in [4.69, 9.17) is 0 Å². The Hall–Kier alpha value is -1.37. The molecule has 68 valence electrons. The van der Waals surface area contributed by atoms with Gasteiger partial charge in [-0.1, -0.05) is 29.3 Å². The summed E-state index contributed by atoms with van der Waals surface area (Å²) in [5, 5.41) is 0. The lowest BCUT2D eigenvalue weighted by molar-refractivity contribution is 1.33. The van der Waals surface area contributed by atoms with Crippen LogP contribution in [0.15, 0.2) is 34.8 Å². The quantitative estimate of drug-likeness (QED) is 0.607. The van der Waals surface area contributed by atoms with E-state index in [0.717, 1.165) is 11.3 Å². The lowest BCUT2D eigenvalue weighted by Gasteiger charge is -2.04. The molecule has 1 nitrogen and oxygen atoms in total. The number of allylic oxidation sites excluding steroid dienone is 1. The highest BCUT2D eigenvalue weighted by atomic mass is 14.7. The maximum Gasteiger partial charge on any atom is 0.0681 e. The highest BCUT2D eigenvalue weighted by Crippen LogP contribution is 2.19. The van der Waals surface area contributed by atoms with Crippen molar-refractivity contribution in [1.82, 2.24) is 0 Å². The van der Waals surface area contributed by atoms with Crippen LogP contribution in [0.2, 0.25) is 0 Å². The third-order valence-electron chi connectivity index (χ3n) is 1.92. The van der Waals surface area contributed by atoms with Crippen LogP contribution in [-0.2, 0) is 0 Å². The molecule has 0 aliphatic rings. The predicted molar refractivity (Wildman–Crippen MR) is 59.0 cm³/mol. The number of benzene rings is 1. The summed E-state index contributed by atoms with van der Waals surface area (Å²) in [6, 6.07) is 8.30. The summed E-state index contributed by atoms with van der Waals surface area (Å²) < 4.78 is 0. The molecule has 0 saturated heterocycles. The minimum Gasteiger partial charge on any atom is -0.264 e. The Balaban J connectivity index is 3.21. The second-order valence-corrected chi connectivity index (χ2v) is 3.38. The molecule has 0 aliphatic carbocycles. The second-order valence-electron chi connectivity index (χ2n) is 3.38. The van der Waals surface area contributed by atoms with Crippen molar-refractivity contribution in [3.05, 3.63) is 41.0 Å². The Bertz CT molecular complexity index is 344. The van der Waals surface area contributed by atoms with Gasteiger partial charge < -0.3 is 0 Å². The van der Waals surface area contributed by atoms with Gasteiger partial charge in [0.05, 0.1) is 5.70 Å². The zero-order valence-corrected chi connectivity index (χ0v) is 8.46. The zero-order chi connectivity index (χ0) is 9.84. The normalized spacial score (nSPS) is 9.46. The Morgan fingerprint density at radius 2 is 2.00 bits per heavy atom. The maximum atomic E-state index is 4.03. The number of aryl methyl sites for hydroxylation is 1. The first kappa shape index (κ1) is 9.72. The van der Waals surface area contributed by atoms with Crippen LogP contribution in [0.5, 0.6) is 0 Å². The molecule has 0 amide bonds. The third-order valence-corrected chi connectivity index (χ3v) is 1.92. The Kier molecular flexibility index (Phi) is 3.02. The van der Waals surface area contributed by atoms with Crippen LogP contribution in [0.3, 0.4) is 0 Å². The van der Waals surface area contributed by atoms with E-state index in [1.807, 2.05) is 19.9 Å². The molecule has 1 aromatic rings. The van der Waals surface area contributed by atoms with Gasteiger partial charge in [-0.25, -0.2) is 0 Å².